The van der Waals surface area contributed by atoms with E-state index in [0.717, 1.165) is 4.43 Å². The molecule has 0 saturated heterocycles. The van der Waals surface area contributed by atoms with Crippen LogP contribution in [0.1, 0.15) is 19.8 Å². The Bertz CT molecular complexity index is 168. The van der Waals surface area contributed by atoms with Gasteiger partial charge in [0.05, 0.1) is 12.7 Å². The molecule has 0 aliphatic carbocycles. The summed E-state index contributed by atoms with van der Waals surface area (Å²) in [5.41, 5.74) is 0. The van der Waals surface area contributed by atoms with Gasteiger partial charge in [-0.25, -0.2) is 4.79 Å². The average molecular weight is 298 g/mol. The van der Waals surface area contributed by atoms with E-state index in [-0.39, 0.29) is 12.1 Å². The second-order valence-corrected chi connectivity index (χ2v) is 3.42. The number of carbonyl (C=O) groups is 1. The highest BCUT2D eigenvalue weighted by Gasteiger charge is 1.99. The minimum absolute atomic E-state index is 0.271. The Balaban J connectivity index is 3.46. The maximum Gasteiger partial charge on any atom is 0.330 e. The largest absolute Gasteiger partial charge is 0.463 e. The molecule has 0 aliphatic rings. The Kier molecular flexibility index (Phi) is 8.43. The van der Waals surface area contributed by atoms with Crippen molar-refractivity contribution in [3.8, 4) is 0 Å². The highest BCUT2D eigenvalue weighted by atomic mass is 127. The molecule has 3 nitrogen and oxygen atoms in total. The van der Waals surface area contributed by atoms with E-state index in [4.69, 9.17) is 5.11 Å². The first-order valence-corrected chi connectivity index (χ1v) is 5.80. The summed E-state index contributed by atoms with van der Waals surface area (Å²) in [5, 5.41) is 9.17. The first-order valence-electron chi connectivity index (χ1n) is 4.28. The quantitative estimate of drug-likeness (QED) is 0.351. The Labute approximate surface area is 92.3 Å². The second-order valence-electron chi connectivity index (χ2n) is 2.54. The number of hydrogen-bond acceptors (Lipinski definition) is 3. The van der Waals surface area contributed by atoms with Crippen molar-refractivity contribution in [1.29, 1.82) is 0 Å². The predicted octanol–water partition coefficient (Wildman–Crippen LogP) is 1.68. The number of aliphatic hydroxyl groups is 1. The smallest absolute Gasteiger partial charge is 0.330 e. The zero-order valence-corrected chi connectivity index (χ0v) is 9.86. The summed E-state index contributed by atoms with van der Waals surface area (Å²) in [5.74, 6) is -0.313. The Morgan fingerprint density at radius 2 is 2.38 bits per heavy atom. The summed E-state index contributed by atoms with van der Waals surface area (Å²) in [4.78, 5) is 10.8. The Morgan fingerprint density at radius 1 is 1.69 bits per heavy atom. The minimum atomic E-state index is -0.313. The van der Waals surface area contributed by atoms with Crippen LogP contribution in [0.3, 0.4) is 0 Å². The van der Waals surface area contributed by atoms with Crippen LogP contribution in [0.15, 0.2) is 12.2 Å². The maximum atomic E-state index is 10.8. The number of hydrogen-bond donors (Lipinski definition) is 1. The molecule has 0 radical (unpaired) electrons. The lowest BCUT2D eigenvalue weighted by molar-refractivity contribution is -0.137. The van der Waals surface area contributed by atoms with Crippen molar-refractivity contribution < 1.29 is 14.6 Å². The second kappa shape index (κ2) is 8.50. The van der Waals surface area contributed by atoms with Crippen LogP contribution in [0, 0.1) is 0 Å². The van der Waals surface area contributed by atoms with Crippen LogP contribution in [-0.4, -0.2) is 28.2 Å². The van der Waals surface area contributed by atoms with Crippen molar-refractivity contribution >= 4 is 28.6 Å². The average Bonchev–Trinajstić information content (AvgIpc) is 2.12. The molecule has 1 N–H and O–H groups in total. The van der Waals surface area contributed by atoms with Crippen LogP contribution in [0.4, 0.5) is 0 Å². The lowest BCUT2D eigenvalue weighted by Crippen LogP contribution is -2.06. The number of esters is 1. The van der Waals surface area contributed by atoms with Gasteiger partial charge in [0, 0.05) is 10.5 Å². The van der Waals surface area contributed by atoms with E-state index in [2.05, 4.69) is 27.3 Å². The van der Waals surface area contributed by atoms with Gasteiger partial charge >= 0.3 is 5.97 Å². The van der Waals surface area contributed by atoms with Gasteiger partial charge in [-0.15, -0.1) is 0 Å². The standard InChI is InChI=1S/C9H15IO3/c1-2-13-9(12)6-4-3-5-8(11)7-10/h4,6,8,11H,2-3,5,7H2,1H3/b6-4+. The van der Waals surface area contributed by atoms with Crippen LogP contribution < -0.4 is 0 Å². The summed E-state index contributed by atoms with van der Waals surface area (Å²) in [7, 11) is 0. The van der Waals surface area contributed by atoms with Gasteiger partial charge in [0.15, 0.2) is 0 Å². The lowest BCUT2D eigenvalue weighted by atomic mass is 10.2. The van der Waals surface area contributed by atoms with Crippen molar-refractivity contribution in [1.82, 2.24) is 0 Å². The highest BCUT2D eigenvalue weighted by Crippen LogP contribution is 2.01. The fraction of sp³-hybridized carbons (Fsp3) is 0.667. The van der Waals surface area contributed by atoms with E-state index in [9.17, 15) is 4.79 Å². The molecule has 0 spiro atoms. The van der Waals surface area contributed by atoms with E-state index in [1.165, 1.54) is 6.08 Å². The fourth-order valence-corrected chi connectivity index (χ4v) is 1.18. The summed E-state index contributed by atoms with van der Waals surface area (Å²) in [6.45, 7) is 2.17. The third-order valence-electron chi connectivity index (χ3n) is 1.39. The normalized spacial score (nSPS) is 13.2. The highest BCUT2D eigenvalue weighted by molar-refractivity contribution is 14.1. The lowest BCUT2D eigenvalue weighted by Gasteiger charge is -2.02. The molecule has 1 unspecified atom stereocenters. The van der Waals surface area contributed by atoms with Crippen molar-refractivity contribution in [3.63, 3.8) is 0 Å². The Hall–Kier alpha value is -0.100. The predicted molar refractivity (Wildman–Crippen MR) is 59.9 cm³/mol. The molecule has 13 heavy (non-hydrogen) atoms. The molecule has 0 fully saturated rings. The van der Waals surface area contributed by atoms with E-state index in [1.54, 1.807) is 13.0 Å². The molecule has 4 heteroatoms. The molecule has 0 amide bonds. The van der Waals surface area contributed by atoms with Gasteiger partial charge in [0.1, 0.15) is 0 Å². The van der Waals surface area contributed by atoms with Gasteiger partial charge in [-0.1, -0.05) is 28.7 Å². The van der Waals surface area contributed by atoms with E-state index >= 15 is 0 Å². The molecule has 0 saturated carbocycles. The maximum absolute atomic E-state index is 10.8. The number of rotatable bonds is 6. The number of ether oxygens (including phenoxy) is 1. The summed E-state index contributed by atoms with van der Waals surface area (Å²) < 4.78 is 5.41. The number of aliphatic hydroxyl groups excluding tert-OH is 1. The molecule has 1 atom stereocenters. The van der Waals surface area contributed by atoms with Crippen molar-refractivity contribution in [2.24, 2.45) is 0 Å². The van der Waals surface area contributed by atoms with Gasteiger partial charge in [0.2, 0.25) is 0 Å². The third-order valence-corrected chi connectivity index (χ3v) is 2.40. The number of halogens is 1. The molecular formula is C9H15IO3. The van der Waals surface area contributed by atoms with Crippen LogP contribution in [0.25, 0.3) is 0 Å². The molecule has 0 bridgehead atoms. The molecule has 0 rings (SSSR count). The van der Waals surface area contributed by atoms with Crippen molar-refractivity contribution in [2.75, 3.05) is 11.0 Å². The molecule has 0 aromatic rings. The molecule has 0 aromatic heterocycles. The monoisotopic (exact) mass is 298 g/mol. The third kappa shape index (κ3) is 8.24. The van der Waals surface area contributed by atoms with Crippen LogP contribution in [0.5, 0.6) is 0 Å². The first kappa shape index (κ1) is 12.9. The summed E-state index contributed by atoms with van der Waals surface area (Å²) in [6.07, 6.45) is 4.27. The molecule has 0 aliphatic heterocycles. The van der Waals surface area contributed by atoms with Gasteiger partial charge in [-0.2, -0.15) is 0 Å². The van der Waals surface area contributed by atoms with E-state index in [0.29, 0.717) is 19.4 Å². The van der Waals surface area contributed by atoms with Gasteiger partial charge in [-0.05, 0) is 19.8 Å². The first-order chi connectivity index (χ1) is 6.20. The molecule has 76 valence electrons. The topological polar surface area (TPSA) is 46.5 Å². The van der Waals surface area contributed by atoms with Crippen LogP contribution >= 0.6 is 22.6 Å². The number of allylic oxidation sites excluding steroid dienone is 1. The zero-order valence-electron chi connectivity index (χ0n) is 7.70. The van der Waals surface area contributed by atoms with Gasteiger partial charge in [-0.3, -0.25) is 0 Å². The van der Waals surface area contributed by atoms with Gasteiger partial charge < -0.3 is 9.84 Å². The van der Waals surface area contributed by atoms with Crippen LogP contribution in [0.2, 0.25) is 0 Å². The summed E-state index contributed by atoms with van der Waals surface area (Å²) in [6, 6.07) is 0. The number of alkyl halides is 1. The molecular weight excluding hydrogens is 283 g/mol. The SMILES string of the molecule is CCOC(=O)/C=C/CCC(O)CI. The fourth-order valence-electron chi connectivity index (χ4n) is 0.736. The summed E-state index contributed by atoms with van der Waals surface area (Å²) >= 11 is 2.13. The van der Waals surface area contributed by atoms with E-state index in [1.807, 2.05) is 0 Å². The van der Waals surface area contributed by atoms with Crippen molar-refractivity contribution in [2.45, 2.75) is 25.9 Å². The van der Waals surface area contributed by atoms with Crippen LogP contribution in [-0.2, 0) is 9.53 Å². The van der Waals surface area contributed by atoms with E-state index < -0.39 is 0 Å². The van der Waals surface area contributed by atoms with Gasteiger partial charge in [0.25, 0.3) is 0 Å². The minimum Gasteiger partial charge on any atom is -0.463 e. The molecule has 0 heterocycles. The number of carbonyl (C=O) groups excluding carboxylic acids is 1. The Morgan fingerprint density at radius 3 is 2.92 bits per heavy atom. The molecule has 0 aromatic carbocycles. The van der Waals surface area contributed by atoms with Crippen molar-refractivity contribution in [3.05, 3.63) is 12.2 Å². The zero-order chi connectivity index (χ0) is 10.1.